The van der Waals surface area contributed by atoms with Crippen molar-refractivity contribution < 1.29 is 18.0 Å². The Kier molecular flexibility index (Phi) is 4.99. The fraction of sp³-hybridized carbons (Fsp3) is 0.350. The van der Waals surface area contributed by atoms with E-state index in [9.17, 15) is 18.0 Å². The van der Waals surface area contributed by atoms with Gasteiger partial charge in [0.05, 0.1) is 22.6 Å². The Bertz CT molecular complexity index is 1070. The van der Waals surface area contributed by atoms with Crippen molar-refractivity contribution in [1.29, 1.82) is 0 Å². The number of allylic oxidation sites excluding steroid dienone is 2. The largest absolute Gasteiger partial charge is 0.339 e. The number of sulfonamides is 1. The van der Waals surface area contributed by atoms with Crippen molar-refractivity contribution in [2.45, 2.75) is 19.8 Å². The Hall–Kier alpha value is -2.94. The minimum Gasteiger partial charge on any atom is -0.339 e. The molecule has 0 radical (unpaired) electrons. The van der Waals surface area contributed by atoms with Crippen molar-refractivity contribution in [3.8, 4) is 0 Å². The van der Waals surface area contributed by atoms with Gasteiger partial charge in [-0.15, -0.1) is 4.40 Å². The molecule has 8 nitrogen and oxygen atoms in total. The third-order valence-corrected chi connectivity index (χ3v) is 6.39. The molecule has 2 amide bonds. The van der Waals surface area contributed by atoms with Crippen molar-refractivity contribution in [1.82, 2.24) is 9.80 Å². The van der Waals surface area contributed by atoms with Gasteiger partial charge in [-0.25, -0.2) is 8.42 Å². The number of nitrogens with one attached hydrogen (secondary N) is 1. The zero-order chi connectivity index (χ0) is 20.6. The lowest BCUT2D eigenvalue weighted by Gasteiger charge is -2.28. The molecular formula is C20H22N4O4S. The minimum atomic E-state index is -3.60. The van der Waals surface area contributed by atoms with E-state index in [0.29, 0.717) is 24.3 Å². The van der Waals surface area contributed by atoms with Gasteiger partial charge in [0.15, 0.2) is 5.84 Å². The number of para-hydroxylation sites is 1. The molecule has 29 heavy (non-hydrogen) atoms. The van der Waals surface area contributed by atoms with Crippen LogP contribution < -0.4 is 5.32 Å². The summed E-state index contributed by atoms with van der Waals surface area (Å²) in [6.45, 7) is 3.48. The first-order valence-electron chi connectivity index (χ1n) is 9.54. The lowest BCUT2D eigenvalue weighted by molar-refractivity contribution is -0.112. The molecule has 1 N–H and O–H groups in total. The normalized spacial score (nSPS) is 20.0. The highest BCUT2D eigenvalue weighted by Gasteiger charge is 2.31. The third-order valence-electron chi connectivity index (χ3n) is 5.24. The molecule has 0 unspecified atom stereocenters. The topological polar surface area (TPSA) is 99.1 Å². The molecule has 0 bridgehead atoms. The van der Waals surface area contributed by atoms with E-state index < -0.39 is 15.9 Å². The van der Waals surface area contributed by atoms with Crippen LogP contribution in [0.25, 0.3) is 0 Å². The average Bonchev–Trinajstić information content (AvgIpc) is 3.22. The van der Waals surface area contributed by atoms with Crippen molar-refractivity contribution in [2.75, 3.05) is 30.7 Å². The quantitative estimate of drug-likeness (QED) is 0.811. The Morgan fingerprint density at radius 2 is 1.90 bits per heavy atom. The zero-order valence-electron chi connectivity index (χ0n) is 16.1. The fourth-order valence-corrected chi connectivity index (χ4v) is 4.66. The molecule has 4 rings (SSSR count). The number of amidine groups is 1. The van der Waals surface area contributed by atoms with Gasteiger partial charge in [0.1, 0.15) is 0 Å². The number of carbonyl (C=O) groups excluding carboxylic acids is 2. The van der Waals surface area contributed by atoms with Gasteiger partial charge in [-0.2, -0.15) is 0 Å². The lowest BCUT2D eigenvalue weighted by Crippen LogP contribution is -2.41. The second kappa shape index (κ2) is 7.47. The van der Waals surface area contributed by atoms with E-state index in [2.05, 4.69) is 9.71 Å². The molecule has 1 aromatic rings. The van der Waals surface area contributed by atoms with E-state index >= 15 is 0 Å². The SMILES string of the molecule is Cc1cccc(C(=O)N2CCCC2)c1NC(=O)C1=CC=CN2CCS(=O)(=O)N=C12. The summed E-state index contributed by atoms with van der Waals surface area (Å²) in [4.78, 5) is 29.4. The van der Waals surface area contributed by atoms with E-state index in [0.717, 1.165) is 18.4 Å². The first-order valence-corrected chi connectivity index (χ1v) is 11.1. The maximum atomic E-state index is 13.0. The average molecular weight is 414 g/mol. The highest BCUT2D eigenvalue weighted by molar-refractivity contribution is 7.90. The smallest absolute Gasteiger partial charge is 0.259 e. The molecule has 9 heteroatoms. The van der Waals surface area contributed by atoms with Gasteiger partial charge >= 0.3 is 0 Å². The van der Waals surface area contributed by atoms with E-state index in [-0.39, 0.29) is 29.6 Å². The molecule has 1 saturated heterocycles. The molecule has 152 valence electrons. The molecule has 1 aromatic carbocycles. The summed E-state index contributed by atoms with van der Waals surface area (Å²) in [6, 6.07) is 5.31. The molecule has 0 aromatic heterocycles. The molecule has 3 aliphatic heterocycles. The van der Waals surface area contributed by atoms with Crippen LogP contribution >= 0.6 is 0 Å². The summed E-state index contributed by atoms with van der Waals surface area (Å²) in [7, 11) is -3.60. The number of likely N-dealkylation sites (tertiary alicyclic amines) is 1. The summed E-state index contributed by atoms with van der Waals surface area (Å²) in [6.07, 6.45) is 6.86. The van der Waals surface area contributed by atoms with E-state index in [1.54, 1.807) is 34.2 Å². The van der Waals surface area contributed by atoms with Crippen LogP contribution in [0.15, 0.2) is 46.5 Å². The van der Waals surface area contributed by atoms with Crippen LogP contribution in [0.3, 0.4) is 0 Å². The predicted molar refractivity (Wildman–Crippen MR) is 110 cm³/mol. The van der Waals surface area contributed by atoms with Crippen LogP contribution in [0, 0.1) is 6.92 Å². The fourth-order valence-electron chi connectivity index (χ4n) is 3.68. The molecule has 0 saturated carbocycles. The number of hydrogen-bond acceptors (Lipinski definition) is 5. The summed E-state index contributed by atoms with van der Waals surface area (Å²) in [5, 5.41) is 2.82. The van der Waals surface area contributed by atoms with Crippen LogP contribution in [0.2, 0.25) is 0 Å². The Balaban J connectivity index is 1.65. The summed E-state index contributed by atoms with van der Waals surface area (Å²) in [5.41, 5.74) is 1.78. The van der Waals surface area contributed by atoms with Crippen molar-refractivity contribution in [3.05, 3.63) is 53.3 Å². The predicted octanol–water partition coefficient (Wildman–Crippen LogP) is 1.67. The molecule has 3 aliphatic rings. The third kappa shape index (κ3) is 3.82. The Morgan fingerprint density at radius 3 is 2.66 bits per heavy atom. The highest BCUT2D eigenvalue weighted by Crippen LogP contribution is 2.26. The van der Waals surface area contributed by atoms with Gasteiger partial charge in [0.25, 0.3) is 21.8 Å². The molecule has 0 aliphatic carbocycles. The number of nitrogens with zero attached hydrogens (tertiary/aromatic N) is 3. The van der Waals surface area contributed by atoms with E-state index in [4.69, 9.17) is 0 Å². The van der Waals surface area contributed by atoms with Crippen LogP contribution in [0.1, 0.15) is 28.8 Å². The number of benzene rings is 1. The first kappa shape index (κ1) is 19.4. The number of hydrogen-bond donors (Lipinski definition) is 1. The second-order valence-electron chi connectivity index (χ2n) is 7.27. The zero-order valence-corrected chi connectivity index (χ0v) is 16.9. The number of rotatable bonds is 3. The van der Waals surface area contributed by atoms with Gasteiger partial charge in [-0.05, 0) is 43.5 Å². The van der Waals surface area contributed by atoms with Crippen LogP contribution in [0.4, 0.5) is 5.69 Å². The standard InChI is InChI=1S/C20H22N4O4S/c1-14-6-4-7-15(20(26)24-9-2-3-10-24)17(14)21-19(25)16-8-5-11-23-12-13-29(27,28)22-18(16)23/h4-8,11H,2-3,9-10,12-13H2,1H3,(H,21,25). The lowest BCUT2D eigenvalue weighted by atomic mass is 10.1. The van der Waals surface area contributed by atoms with Gasteiger partial charge in [0.2, 0.25) is 0 Å². The summed E-state index contributed by atoms with van der Waals surface area (Å²) < 4.78 is 27.6. The number of anilines is 1. The molecule has 3 heterocycles. The molecular weight excluding hydrogens is 392 g/mol. The minimum absolute atomic E-state index is 0.0952. The maximum Gasteiger partial charge on any atom is 0.259 e. The van der Waals surface area contributed by atoms with Crippen molar-refractivity contribution in [3.63, 3.8) is 0 Å². The van der Waals surface area contributed by atoms with Crippen LogP contribution in [-0.2, 0) is 14.8 Å². The Morgan fingerprint density at radius 1 is 1.14 bits per heavy atom. The van der Waals surface area contributed by atoms with Crippen LogP contribution in [-0.4, -0.2) is 61.3 Å². The van der Waals surface area contributed by atoms with Gasteiger partial charge in [-0.3, -0.25) is 9.59 Å². The Labute approximate surface area is 169 Å². The second-order valence-corrected chi connectivity index (χ2v) is 9.02. The number of aryl methyl sites for hydroxylation is 1. The number of fused-ring (bicyclic) bond motifs is 1. The first-order chi connectivity index (χ1) is 13.9. The molecule has 1 fully saturated rings. The van der Waals surface area contributed by atoms with Crippen molar-refractivity contribution in [2.24, 2.45) is 4.40 Å². The molecule has 0 spiro atoms. The van der Waals surface area contributed by atoms with Crippen molar-refractivity contribution >= 4 is 33.4 Å². The number of amides is 2. The van der Waals surface area contributed by atoms with Crippen LogP contribution in [0.5, 0.6) is 0 Å². The highest BCUT2D eigenvalue weighted by atomic mass is 32.2. The summed E-state index contributed by atoms with van der Waals surface area (Å²) >= 11 is 0. The monoisotopic (exact) mass is 414 g/mol. The molecule has 0 atom stereocenters. The maximum absolute atomic E-state index is 13.0. The van der Waals surface area contributed by atoms with E-state index in [1.165, 1.54) is 6.08 Å². The van der Waals surface area contributed by atoms with Gasteiger partial charge in [0, 0.05) is 25.8 Å². The van der Waals surface area contributed by atoms with Gasteiger partial charge < -0.3 is 15.1 Å². The van der Waals surface area contributed by atoms with Gasteiger partial charge in [-0.1, -0.05) is 12.1 Å². The number of carbonyl (C=O) groups is 2. The summed E-state index contributed by atoms with van der Waals surface area (Å²) in [5.74, 6) is -0.599. The van der Waals surface area contributed by atoms with E-state index in [1.807, 2.05) is 13.0 Å².